The Labute approximate surface area is 271 Å². The average Bonchev–Trinajstić information content (AvgIpc) is 3.12. The molecule has 0 spiro atoms. The van der Waals surface area contributed by atoms with Gasteiger partial charge in [0, 0.05) is 41.1 Å². The maximum atomic E-state index is 2.50. The van der Waals surface area contributed by atoms with Crippen LogP contribution in [0.5, 0.6) is 0 Å². The van der Waals surface area contributed by atoms with Crippen molar-refractivity contribution in [3.63, 3.8) is 0 Å². The topological polar surface area (TPSA) is 6.48 Å². The lowest BCUT2D eigenvalue weighted by Gasteiger charge is -2.38. The summed E-state index contributed by atoms with van der Waals surface area (Å²) >= 11 is 0. The molecule has 0 amide bonds. The van der Waals surface area contributed by atoms with E-state index in [1.54, 1.807) is 0 Å². The monoisotopic (exact) mass is 592 g/mol. The quantitative estimate of drug-likeness (QED) is 0.177. The number of allylic oxidation sites excluding steroid dienone is 1. The molecule has 0 bridgehead atoms. The molecule has 2 unspecified atom stereocenters. The van der Waals surface area contributed by atoms with Crippen molar-refractivity contribution in [1.82, 2.24) is 0 Å². The van der Waals surface area contributed by atoms with Crippen LogP contribution in [0.4, 0.5) is 17.1 Å². The molecule has 0 fully saturated rings. The van der Waals surface area contributed by atoms with E-state index in [-0.39, 0.29) is 12.0 Å². The van der Waals surface area contributed by atoms with E-state index in [1.165, 1.54) is 66.2 Å². The van der Waals surface area contributed by atoms with E-state index in [0.29, 0.717) is 0 Å². The van der Waals surface area contributed by atoms with Gasteiger partial charge in [0.25, 0.3) is 0 Å². The second kappa shape index (κ2) is 11.7. The first kappa shape index (κ1) is 27.9. The third-order valence-electron chi connectivity index (χ3n) is 9.49. The minimum absolute atomic E-state index is 0.147. The van der Waals surface area contributed by atoms with Crippen LogP contribution in [-0.4, -0.2) is 13.1 Å². The van der Waals surface area contributed by atoms with Gasteiger partial charge >= 0.3 is 0 Å². The third-order valence-corrected chi connectivity index (χ3v) is 9.49. The fourth-order valence-corrected chi connectivity index (χ4v) is 7.06. The van der Waals surface area contributed by atoms with Crippen molar-refractivity contribution < 1.29 is 0 Å². The van der Waals surface area contributed by atoms with Crippen molar-refractivity contribution in [2.75, 3.05) is 16.8 Å². The Bertz CT molecular complexity index is 2250. The van der Waals surface area contributed by atoms with E-state index in [2.05, 4.69) is 194 Å². The number of hydrogen-bond donors (Lipinski definition) is 0. The van der Waals surface area contributed by atoms with Crippen molar-refractivity contribution >= 4 is 49.4 Å². The van der Waals surface area contributed by atoms with Crippen LogP contribution in [0.25, 0.3) is 43.4 Å². The van der Waals surface area contributed by atoms with Gasteiger partial charge in [0.15, 0.2) is 0 Å². The first-order valence-electron chi connectivity index (χ1n) is 16.1. The lowest BCUT2D eigenvalue weighted by molar-refractivity contribution is 0.603. The average molecular weight is 593 g/mol. The molecule has 0 heterocycles. The van der Waals surface area contributed by atoms with Gasteiger partial charge in [0.1, 0.15) is 0 Å². The Hall–Kier alpha value is -5.60. The summed E-state index contributed by atoms with van der Waals surface area (Å²) in [5.41, 5.74) is 7.26. The molecule has 7 aromatic carbocycles. The molecule has 2 heteroatoms. The van der Waals surface area contributed by atoms with E-state index in [4.69, 9.17) is 0 Å². The molecule has 2 nitrogen and oxygen atoms in total. The normalized spacial score (nSPS) is 16.1. The van der Waals surface area contributed by atoms with Crippen LogP contribution < -0.4 is 9.80 Å². The highest BCUT2D eigenvalue weighted by Crippen LogP contribution is 2.39. The van der Waals surface area contributed by atoms with E-state index in [0.717, 1.165) is 0 Å². The van der Waals surface area contributed by atoms with Gasteiger partial charge in [-0.1, -0.05) is 140 Å². The zero-order valence-corrected chi connectivity index (χ0v) is 26.2. The minimum atomic E-state index is 0.147. The molecule has 1 aliphatic rings. The van der Waals surface area contributed by atoms with Crippen LogP contribution in [0.3, 0.4) is 0 Å². The number of anilines is 3. The number of fused-ring (bicyclic) bond motifs is 4. The lowest BCUT2D eigenvalue weighted by Crippen LogP contribution is -2.36. The molecule has 222 valence electrons. The van der Waals surface area contributed by atoms with Gasteiger partial charge in [0.05, 0.1) is 6.04 Å². The SMILES string of the molecule is CC1C=C(N(C)c2cc3ccccc3c3ccccc23)C=CC1N(c1ccc(-c2ccccc2)cc1)c1ccc2ccccc2c1. The first-order valence-corrected chi connectivity index (χ1v) is 16.1. The van der Waals surface area contributed by atoms with Crippen LogP contribution in [0.1, 0.15) is 6.92 Å². The molecule has 0 aromatic heterocycles. The minimum Gasteiger partial charge on any atom is -0.344 e. The number of rotatable bonds is 6. The Morgan fingerprint density at radius 2 is 1.11 bits per heavy atom. The summed E-state index contributed by atoms with van der Waals surface area (Å²) in [6.45, 7) is 2.34. The van der Waals surface area contributed by atoms with Crippen molar-refractivity contribution in [3.8, 4) is 11.1 Å². The predicted octanol–water partition coefficient (Wildman–Crippen LogP) is 11.5. The standard InChI is InChI=1S/C44H36N2/c1-31-28-38(45(2)44-30-36-16-8-9-17-40(36)41-18-10-11-19-42(41)44)26-27-43(31)46(39-25-22-33-14-6-7-15-35(33)29-39)37-23-20-34(21-24-37)32-12-4-3-5-13-32/h3-31,43H,1-2H3. The summed E-state index contributed by atoms with van der Waals surface area (Å²) in [6, 6.07) is 55.0. The fourth-order valence-electron chi connectivity index (χ4n) is 7.06. The predicted molar refractivity (Wildman–Crippen MR) is 198 cm³/mol. The van der Waals surface area contributed by atoms with Crippen LogP contribution >= 0.6 is 0 Å². The largest absolute Gasteiger partial charge is 0.344 e. The molecule has 0 aliphatic heterocycles. The maximum absolute atomic E-state index is 2.50. The molecule has 0 saturated carbocycles. The van der Waals surface area contributed by atoms with Gasteiger partial charge in [-0.2, -0.15) is 0 Å². The highest BCUT2D eigenvalue weighted by molar-refractivity contribution is 6.13. The van der Waals surface area contributed by atoms with Crippen molar-refractivity contribution in [2.24, 2.45) is 5.92 Å². The number of nitrogens with zero attached hydrogens (tertiary/aromatic N) is 2. The Morgan fingerprint density at radius 3 is 1.87 bits per heavy atom. The number of hydrogen-bond acceptors (Lipinski definition) is 2. The van der Waals surface area contributed by atoms with Gasteiger partial charge in [-0.3, -0.25) is 0 Å². The van der Waals surface area contributed by atoms with Crippen LogP contribution in [0.15, 0.2) is 176 Å². The summed E-state index contributed by atoms with van der Waals surface area (Å²) in [5, 5.41) is 7.61. The zero-order valence-electron chi connectivity index (χ0n) is 26.2. The molecule has 0 N–H and O–H groups in total. The number of benzene rings is 7. The van der Waals surface area contributed by atoms with E-state index < -0.39 is 0 Å². The molecule has 46 heavy (non-hydrogen) atoms. The molecule has 1 aliphatic carbocycles. The molecule has 2 atom stereocenters. The summed E-state index contributed by atoms with van der Waals surface area (Å²) in [7, 11) is 2.20. The summed E-state index contributed by atoms with van der Waals surface area (Å²) in [5.74, 6) is 0.259. The Kier molecular flexibility index (Phi) is 7.11. The smallest absolute Gasteiger partial charge is 0.0586 e. The van der Waals surface area contributed by atoms with E-state index in [1.807, 2.05) is 0 Å². The number of likely N-dealkylation sites (N-methyl/N-ethyl adjacent to an activating group) is 1. The molecule has 0 radical (unpaired) electrons. The lowest BCUT2D eigenvalue weighted by atomic mass is 9.91. The molecular weight excluding hydrogens is 556 g/mol. The van der Waals surface area contributed by atoms with Crippen LogP contribution in [0.2, 0.25) is 0 Å². The Balaban J connectivity index is 1.17. The molecule has 8 rings (SSSR count). The van der Waals surface area contributed by atoms with Crippen molar-refractivity contribution in [1.29, 1.82) is 0 Å². The highest BCUT2D eigenvalue weighted by Gasteiger charge is 2.27. The van der Waals surface area contributed by atoms with Crippen LogP contribution in [0, 0.1) is 5.92 Å². The van der Waals surface area contributed by atoms with Crippen molar-refractivity contribution in [3.05, 3.63) is 176 Å². The van der Waals surface area contributed by atoms with Gasteiger partial charge in [-0.15, -0.1) is 0 Å². The molecular formula is C44H36N2. The van der Waals surface area contributed by atoms with E-state index in [9.17, 15) is 0 Å². The summed E-state index contributed by atoms with van der Waals surface area (Å²) in [4.78, 5) is 4.86. The van der Waals surface area contributed by atoms with Gasteiger partial charge in [0.2, 0.25) is 0 Å². The zero-order chi connectivity index (χ0) is 31.0. The fraction of sp³-hybridized carbons (Fsp3) is 0.0909. The first-order chi connectivity index (χ1) is 22.6. The van der Waals surface area contributed by atoms with E-state index >= 15 is 0 Å². The highest BCUT2D eigenvalue weighted by atomic mass is 15.2. The van der Waals surface area contributed by atoms with Gasteiger partial charge in [-0.05, 0) is 74.5 Å². The second-order valence-corrected chi connectivity index (χ2v) is 12.3. The summed E-state index contributed by atoms with van der Waals surface area (Å²) < 4.78 is 0. The molecule has 0 saturated heterocycles. The van der Waals surface area contributed by atoms with Gasteiger partial charge in [-0.25, -0.2) is 0 Å². The maximum Gasteiger partial charge on any atom is 0.0586 e. The van der Waals surface area contributed by atoms with Crippen LogP contribution in [-0.2, 0) is 0 Å². The summed E-state index contributed by atoms with van der Waals surface area (Å²) in [6.07, 6.45) is 7.13. The third kappa shape index (κ3) is 5.02. The van der Waals surface area contributed by atoms with Crippen molar-refractivity contribution in [2.45, 2.75) is 13.0 Å². The Morgan fingerprint density at radius 1 is 0.500 bits per heavy atom. The van der Waals surface area contributed by atoms with Gasteiger partial charge < -0.3 is 9.80 Å². The second-order valence-electron chi connectivity index (χ2n) is 12.3. The molecule has 7 aromatic rings.